The minimum Gasteiger partial charge on any atom is -0.326 e. The highest BCUT2D eigenvalue weighted by Gasteiger charge is 2.40. The van der Waals surface area contributed by atoms with E-state index < -0.39 is 0 Å². The molecule has 2 fully saturated rings. The molecule has 1 aromatic carbocycles. The number of carbonyl (C=O) groups excluding carboxylic acids is 1. The quantitative estimate of drug-likeness (QED) is 0.871. The topological polar surface area (TPSA) is 29.1 Å². The molecule has 102 valence electrons. The molecule has 0 heterocycles. The molecule has 1 aromatic rings. The van der Waals surface area contributed by atoms with Crippen molar-refractivity contribution in [2.24, 2.45) is 17.8 Å². The molecular formula is C16H20BrNO. The molecule has 0 aromatic heterocycles. The number of hydrogen-bond acceptors (Lipinski definition) is 1. The number of fused-ring (bicyclic) bond motifs is 2. The second-order valence-electron chi connectivity index (χ2n) is 6.15. The van der Waals surface area contributed by atoms with Gasteiger partial charge < -0.3 is 5.32 Å². The Morgan fingerprint density at radius 2 is 2.21 bits per heavy atom. The van der Waals surface area contributed by atoms with Crippen molar-refractivity contribution in [1.29, 1.82) is 0 Å². The van der Waals surface area contributed by atoms with E-state index in [1.807, 2.05) is 25.1 Å². The summed E-state index contributed by atoms with van der Waals surface area (Å²) in [6.07, 6.45) is 6.10. The van der Waals surface area contributed by atoms with Crippen LogP contribution < -0.4 is 5.32 Å². The van der Waals surface area contributed by atoms with Crippen LogP contribution in [0.2, 0.25) is 0 Å². The summed E-state index contributed by atoms with van der Waals surface area (Å²) in [6, 6.07) is 5.96. The van der Waals surface area contributed by atoms with Gasteiger partial charge in [0.05, 0.1) is 0 Å². The fraction of sp³-hybridized carbons (Fsp3) is 0.562. The minimum atomic E-state index is 0.180. The van der Waals surface area contributed by atoms with Crippen molar-refractivity contribution in [3.63, 3.8) is 0 Å². The van der Waals surface area contributed by atoms with Crippen LogP contribution in [0.25, 0.3) is 0 Å². The van der Waals surface area contributed by atoms with E-state index in [1.165, 1.54) is 25.7 Å². The van der Waals surface area contributed by atoms with Gasteiger partial charge in [0.25, 0.3) is 0 Å². The molecule has 2 aliphatic carbocycles. The van der Waals surface area contributed by atoms with Crippen LogP contribution in [-0.2, 0) is 4.79 Å². The summed E-state index contributed by atoms with van der Waals surface area (Å²) in [5, 5.41) is 3.04. The smallest absolute Gasteiger partial charge is 0.224 e. The summed E-state index contributed by atoms with van der Waals surface area (Å²) in [7, 11) is 0. The molecule has 19 heavy (non-hydrogen) atoms. The minimum absolute atomic E-state index is 0.180. The van der Waals surface area contributed by atoms with Gasteiger partial charge in [-0.05, 0) is 67.7 Å². The molecule has 0 saturated heterocycles. The van der Waals surface area contributed by atoms with E-state index in [1.54, 1.807) is 0 Å². The predicted molar refractivity (Wildman–Crippen MR) is 81.1 cm³/mol. The van der Waals surface area contributed by atoms with Gasteiger partial charge in [-0.1, -0.05) is 22.4 Å². The number of benzene rings is 1. The summed E-state index contributed by atoms with van der Waals surface area (Å²) in [6.45, 7) is 2.04. The van der Waals surface area contributed by atoms with Crippen LogP contribution >= 0.6 is 15.9 Å². The van der Waals surface area contributed by atoms with Crippen LogP contribution in [0.4, 0.5) is 5.69 Å². The molecule has 1 N–H and O–H groups in total. The van der Waals surface area contributed by atoms with Gasteiger partial charge in [0.2, 0.25) is 5.91 Å². The van der Waals surface area contributed by atoms with E-state index in [-0.39, 0.29) is 5.91 Å². The van der Waals surface area contributed by atoms with Gasteiger partial charge in [0.1, 0.15) is 0 Å². The third kappa shape index (κ3) is 2.86. The molecule has 3 rings (SSSR count). The Hall–Kier alpha value is -0.830. The highest BCUT2D eigenvalue weighted by atomic mass is 79.9. The zero-order valence-electron chi connectivity index (χ0n) is 11.3. The first-order chi connectivity index (χ1) is 9.11. The Kier molecular flexibility index (Phi) is 3.66. The van der Waals surface area contributed by atoms with Crippen molar-refractivity contribution in [3.05, 3.63) is 28.2 Å². The monoisotopic (exact) mass is 321 g/mol. The zero-order valence-corrected chi connectivity index (χ0v) is 12.9. The molecule has 0 unspecified atom stereocenters. The average molecular weight is 322 g/mol. The second-order valence-corrected chi connectivity index (χ2v) is 7.01. The zero-order chi connectivity index (χ0) is 13.4. The van der Waals surface area contributed by atoms with Crippen molar-refractivity contribution < 1.29 is 4.79 Å². The van der Waals surface area contributed by atoms with Crippen LogP contribution in [0, 0.1) is 24.7 Å². The van der Waals surface area contributed by atoms with Crippen LogP contribution in [0.3, 0.4) is 0 Å². The molecule has 1 amide bonds. The maximum atomic E-state index is 12.1. The Labute approximate surface area is 123 Å². The first-order valence-electron chi connectivity index (χ1n) is 7.18. The van der Waals surface area contributed by atoms with Crippen molar-refractivity contribution in [2.75, 3.05) is 5.32 Å². The predicted octanol–water partition coefficient (Wildman–Crippen LogP) is 4.52. The van der Waals surface area contributed by atoms with E-state index in [2.05, 4.69) is 21.2 Å². The van der Waals surface area contributed by atoms with E-state index in [9.17, 15) is 4.79 Å². The average Bonchev–Trinajstić information content (AvgIpc) is 2.96. The highest BCUT2D eigenvalue weighted by Crippen LogP contribution is 2.49. The van der Waals surface area contributed by atoms with Crippen molar-refractivity contribution >= 4 is 27.5 Å². The van der Waals surface area contributed by atoms with Gasteiger partial charge in [0.15, 0.2) is 0 Å². The maximum Gasteiger partial charge on any atom is 0.224 e. The van der Waals surface area contributed by atoms with Crippen molar-refractivity contribution in [2.45, 2.75) is 39.0 Å². The normalized spacial score (nSPS) is 28.6. The number of anilines is 1. The largest absolute Gasteiger partial charge is 0.326 e. The number of aryl methyl sites for hydroxylation is 1. The summed E-state index contributed by atoms with van der Waals surface area (Å²) in [5.41, 5.74) is 2.06. The molecule has 0 radical (unpaired) electrons. The summed E-state index contributed by atoms with van der Waals surface area (Å²) in [4.78, 5) is 12.1. The van der Waals surface area contributed by atoms with Gasteiger partial charge in [0, 0.05) is 16.6 Å². The number of hydrogen-bond donors (Lipinski definition) is 1. The van der Waals surface area contributed by atoms with E-state index >= 15 is 0 Å². The number of carbonyl (C=O) groups is 1. The number of halogens is 1. The van der Waals surface area contributed by atoms with Gasteiger partial charge in [-0.15, -0.1) is 0 Å². The summed E-state index contributed by atoms with van der Waals surface area (Å²) in [5.74, 6) is 2.55. The van der Waals surface area contributed by atoms with Crippen LogP contribution in [0.15, 0.2) is 22.7 Å². The fourth-order valence-electron chi connectivity index (χ4n) is 3.80. The molecule has 2 bridgehead atoms. The van der Waals surface area contributed by atoms with Crippen LogP contribution in [0.5, 0.6) is 0 Å². The molecule has 2 aliphatic rings. The number of nitrogens with one attached hydrogen (secondary N) is 1. The molecule has 3 heteroatoms. The van der Waals surface area contributed by atoms with Crippen LogP contribution in [0.1, 0.15) is 37.7 Å². The molecule has 3 atom stereocenters. The Bertz CT molecular complexity index is 500. The third-order valence-electron chi connectivity index (χ3n) is 4.77. The van der Waals surface area contributed by atoms with Gasteiger partial charge in [-0.25, -0.2) is 0 Å². The first-order valence-corrected chi connectivity index (χ1v) is 7.97. The lowest BCUT2D eigenvalue weighted by Crippen LogP contribution is -2.20. The van der Waals surface area contributed by atoms with E-state index in [4.69, 9.17) is 0 Å². The molecule has 0 aliphatic heterocycles. The van der Waals surface area contributed by atoms with Crippen LogP contribution in [-0.4, -0.2) is 5.91 Å². The lowest BCUT2D eigenvalue weighted by atomic mass is 9.86. The number of rotatable bonds is 3. The van der Waals surface area contributed by atoms with E-state index in [0.717, 1.165) is 27.6 Å². The SMILES string of the molecule is Cc1cc(NC(=O)C[C@H]2C[C@@H]3CC[C@@H]2C3)ccc1Br. The van der Waals surface area contributed by atoms with Gasteiger partial charge in [-0.3, -0.25) is 4.79 Å². The van der Waals surface area contributed by atoms with Crippen molar-refractivity contribution in [3.8, 4) is 0 Å². The molecule has 0 spiro atoms. The number of amides is 1. The van der Waals surface area contributed by atoms with E-state index in [0.29, 0.717) is 12.3 Å². The maximum absolute atomic E-state index is 12.1. The Morgan fingerprint density at radius 3 is 2.84 bits per heavy atom. The van der Waals surface area contributed by atoms with Crippen molar-refractivity contribution in [1.82, 2.24) is 0 Å². The molecular weight excluding hydrogens is 302 g/mol. The second kappa shape index (κ2) is 5.28. The lowest BCUT2D eigenvalue weighted by Gasteiger charge is -2.21. The molecule has 2 saturated carbocycles. The Balaban J connectivity index is 1.57. The third-order valence-corrected chi connectivity index (χ3v) is 5.66. The molecule has 2 nitrogen and oxygen atoms in total. The first kappa shape index (κ1) is 13.2. The summed E-state index contributed by atoms with van der Waals surface area (Å²) >= 11 is 3.48. The van der Waals surface area contributed by atoms with Gasteiger partial charge >= 0.3 is 0 Å². The fourth-order valence-corrected chi connectivity index (χ4v) is 4.05. The highest BCUT2D eigenvalue weighted by molar-refractivity contribution is 9.10. The summed E-state index contributed by atoms with van der Waals surface area (Å²) < 4.78 is 1.08. The van der Waals surface area contributed by atoms with Gasteiger partial charge in [-0.2, -0.15) is 0 Å². The Morgan fingerprint density at radius 1 is 1.37 bits per heavy atom. The standard InChI is InChI=1S/C16H20BrNO/c1-10-6-14(4-5-15(10)17)18-16(19)9-13-8-11-2-3-12(13)7-11/h4-6,11-13H,2-3,7-9H2,1H3,(H,18,19)/t11-,12-,13-/m1/s1. The lowest BCUT2D eigenvalue weighted by molar-refractivity contribution is -0.117.